The third kappa shape index (κ3) is 5.94. The molecule has 5 rings (SSSR count). The molecule has 1 aromatic heterocycles. The summed E-state index contributed by atoms with van der Waals surface area (Å²) in [5.41, 5.74) is 1.31. The van der Waals surface area contributed by atoms with E-state index in [1.807, 2.05) is 4.57 Å². The van der Waals surface area contributed by atoms with Gasteiger partial charge < -0.3 is 20.0 Å². The van der Waals surface area contributed by atoms with Crippen molar-refractivity contribution >= 4 is 23.9 Å². The summed E-state index contributed by atoms with van der Waals surface area (Å²) in [5, 5.41) is 4.52. The number of hydrogen-bond acceptors (Lipinski definition) is 6. The molecule has 0 bridgehead atoms. The number of carbonyl (C=O) groups excluding carboxylic acids is 1. The molecule has 2 aromatic rings. The van der Waals surface area contributed by atoms with Crippen molar-refractivity contribution in [3.63, 3.8) is 0 Å². The summed E-state index contributed by atoms with van der Waals surface area (Å²) < 4.78 is 22.8. The Labute approximate surface area is 210 Å². The number of carbonyl (C=O) groups is 1. The fourth-order valence-corrected chi connectivity index (χ4v) is 5.25. The Morgan fingerprint density at radius 3 is 2.51 bits per heavy atom. The minimum atomic E-state index is -0.320. The van der Waals surface area contributed by atoms with Crippen LogP contribution in [0.25, 0.3) is 0 Å². The number of ketones is 1. The molecule has 194 valence electrons. The highest BCUT2D eigenvalue weighted by Gasteiger charge is 2.29. The fraction of sp³-hybridized carbons (Fsp3) is 0.625. The van der Waals surface area contributed by atoms with Gasteiger partial charge in [-0.05, 0) is 57.0 Å². The Bertz CT molecular complexity index is 1060. The summed E-state index contributed by atoms with van der Waals surface area (Å²) in [6.45, 7) is 6.25. The molecule has 4 heterocycles. The minimum absolute atomic E-state index is 0. The summed E-state index contributed by atoms with van der Waals surface area (Å²) in [5.74, 6) is 0.633. The molecule has 0 saturated carbocycles. The molecule has 0 atom stereocenters. The first-order valence-corrected chi connectivity index (χ1v) is 12.2. The average Bonchev–Trinajstić information content (AvgIpc) is 3.18. The molecule has 2 fully saturated rings. The van der Waals surface area contributed by atoms with Crippen molar-refractivity contribution < 1.29 is 19.4 Å². The predicted molar refractivity (Wildman–Crippen MR) is 133 cm³/mol. The highest BCUT2D eigenvalue weighted by molar-refractivity contribution is 6.03. The van der Waals surface area contributed by atoms with Gasteiger partial charge in [0.2, 0.25) is 0 Å². The molecule has 0 radical (unpaired) electrons. The summed E-state index contributed by atoms with van der Waals surface area (Å²) in [6, 6.07) is 4.51. The largest absolute Gasteiger partial charge is 0.412 e. The highest BCUT2D eigenvalue weighted by atomic mass is 35.5. The van der Waals surface area contributed by atoms with Gasteiger partial charge in [0.1, 0.15) is 11.6 Å². The number of nitrogens with zero attached hydrogens (tertiary/aromatic N) is 5. The van der Waals surface area contributed by atoms with Crippen LogP contribution in [0.15, 0.2) is 23.0 Å². The number of morpholine rings is 1. The maximum atomic E-state index is 14.0. The summed E-state index contributed by atoms with van der Waals surface area (Å²) in [6.07, 6.45) is 4.56. The van der Waals surface area contributed by atoms with Crippen LogP contribution in [-0.4, -0.2) is 76.4 Å². The normalized spacial score (nSPS) is 18.9. The fourth-order valence-electron chi connectivity index (χ4n) is 5.25. The Morgan fingerprint density at radius 2 is 1.80 bits per heavy atom. The van der Waals surface area contributed by atoms with Crippen LogP contribution >= 0.6 is 12.4 Å². The summed E-state index contributed by atoms with van der Waals surface area (Å²) in [4.78, 5) is 30.3. The topological polar surface area (TPSA) is 104 Å². The molecule has 0 aliphatic carbocycles. The second-order valence-electron chi connectivity index (χ2n) is 9.27. The zero-order chi connectivity index (χ0) is 22.8. The van der Waals surface area contributed by atoms with E-state index in [1.54, 1.807) is 10.7 Å². The third-order valence-electron chi connectivity index (χ3n) is 7.19. The quantitative estimate of drug-likeness (QED) is 0.545. The number of hydrogen-bond donors (Lipinski definition) is 0. The van der Waals surface area contributed by atoms with Crippen molar-refractivity contribution in [3.05, 3.63) is 45.9 Å². The molecule has 3 aliphatic rings. The maximum Gasteiger partial charge on any atom is 0.345 e. The van der Waals surface area contributed by atoms with Crippen molar-refractivity contribution in [3.8, 4) is 0 Å². The number of Topliss-reactive ketones (excluding diaryl/α,β-unsaturated/α-hetero) is 1. The van der Waals surface area contributed by atoms with Crippen LogP contribution in [-0.2, 0) is 24.2 Å². The number of piperidine rings is 1. The smallest absolute Gasteiger partial charge is 0.345 e. The Hall–Kier alpha value is -2.27. The SMILES string of the molecule is Cl.O.O=C(c1ccc(F)cc1N1CCOCC1)C1CCN(CCn2nc3n(c2=O)CCCC3)CC1. The Kier molecular flexibility index (Phi) is 9.46. The van der Waals surface area contributed by atoms with Crippen molar-refractivity contribution in [2.45, 2.75) is 45.2 Å². The van der Waals surface area contributed by atoms with E-state index >= 15 is 0 Å². The minimum Gasteiger partial charge on any atom is -0.412 e. The molecule has 2 N–H and O–H groups in total. The van der Waals surface area contributed by atoms with Gasteiger partial charge in [-0.25, -0.2) is 13.9 Å². The second-order valence-corrected chi connectivity index (χ2v) is 9.27. The Morgan fingerprint density at radius 1 is 1.06 bits per heavy atom. The number of ether oxygens (including phenoxy) is 1. The summed E-state index contributed by atoms with van der Waals surface area (Å²) in [7, 11) is 0. The number of aromatic nitrogens is 3. The Balaban J connectivity index is 0.00000171. The predicted octanol–water partition coefficient (Wildman–Crippen LogP) is 1.55. The first kappa shape index (κ1) is 27.3. The van der Waals surface area contributed by atoms with Crippen molar-refractivity contribution in [1.82, 2.24) is 19.2 Å². The van der Waals surface area contributed by atoms with Gasteiger partial charge in [0, 0.05) is 44.1 Å². The van der Waals surface area contributed by atoms with Crippen LogP contribution in [0.4, 0.5) is 10.1 Å². The lowest BCUT2D eigenvalue weighted by Gasteiger charge is -2.33. The van der Waals surface area contributed by atoms with Gasteiger partial charge in [0.15, 0.2) is 5.78 Å². The zero-order valence-electron chi connectivity index (χ0n) is 20.0. The first-order chi connectivity index (χ1) is 16.1. The molecular formula is C24H35ClFN5O4. The average molecular weight is 512 g/mol. The van der Waals surface area contributed by atoms with Gasteiger partial charge in [-0.3, -0.25) is 9.36 Å². The van der Waals surface area contributed by atoms with Gasteiger partial charge in [0.25, 0.3) is 0 Å². The van der Waals surface area contributed by atoms with Crippen molar-refractivity contribution in [2.75, 3.05) is 50.8 Å². The lowest BCUT2D eigenvalue weighted by Crippen LogP contribution is -2.40. The van der Waals surface area contributed by atoms with Gasteiger partial charge in [-0.15, -0.1) is 12.4 Å². The standard InChI is InChI=1S/C24H32FN5O3.ClH.H2O/c25-19-4-5-20(21(17-19)28-13-15-33-16-14-28)23(31)18-6-9-27(10-7-18)11-12-30-24(32)29-8-2-1-3-22(29)26-30;;/h4-5,17-18H,1-3,6-16H2;1H;1H2. The molecule has 2 saturated heterocycles. The zero-order valence-corrected chi connectivity index (χ0v) is 20.8. The van der Waals surface area contributed by atoms with E-state index in [4.69, 9.17) is 4.74 Å². The second kappa shape index (κ2) is 12.1. The van der Waals surface area contributed by atoms with E-state index in [0.717, 1.165) is 64.1 Å². The highest BCUT2D eigenvalue weighted by Crippen LogP contribution is 2.29. The number of fused-ring (bicyclic) bond motifs is 1. The van der Waals surface area contributed by atoms with Crippen molar-refractivity contribution in [2.24, 2.45) is 5.92 Å². The maximum absolute atomic E-state index is 14.0. The van der Waals surface area contributed by atoms with E-state index in [1.165, 1.54) is 12.1 Å². The molecule has 35 heavy (non-hydrogen) atoms. The molecule has 11 heteroatoms. The van der Waals surface area contributed by atoms with E-state index in [9.17, 15) is 14.0 Å². The van der Waals surface area contributed by atoms with Crippen LogP contribution in [0.1, 0.15) is 41.9 Å². The number of anilines is 1. The van der Waals surface area contributed by atoms with Gasteiger partial charge >= 0.3 is 5.69 Å². The lowest BCUT2D eigenvalue weighted by molar-refractivity contribution is 0.0835. The third-order valence-corrected chi connectivity index (χ3v) is 7.19. The van der Waals surface area contributed by atoms with E-state index in [2.05, 4.69) is 14.9 Å². The van der Waals surface area contributed by atoms with Crippen LogP contribution in [0.3, 0.4) is 0 Å². The monoisotopic (exact) mass is 511 g/mol. The molecule has 9 nitrogen and oxygen atoms in total. The van der Waals surface area contributed by atoms with Crippen LogP contribution in [0, 0.1) is 11.7 Å². The number of aryl methyl sites for hydroxylation is 1. The van der Waals surface area contributed by atoms with E-state index in [-0.39, 0.29) is 41.1 Å². The van der Waals surface area contributed by atoms with Crippen LogP contribution in [0.5, 0.6) is 0 Å². The summed E-state index contributed by atoms with van der Waals surface area (Å²) >= 11 is 0. The number of likely N-dealkylation sites (tertiary alicyclic amines) is 1. The molecular weight excluding hydrogens is 477 g/mol. The lowest BCUT2D eigenvalue weighted by atomic mass is 9.88. The van der Waals surface area contributed by atoms with Crippen LogP contribution in [0.2, 0.25) is 0 Å². The first-order valence-electron chi connectivity index (χ1n) is 12.2. The van der Waals surface area contributed by atoms with Gasteiger partial charge in [-0.2, -0.15) is 5.10 Å². The molecule has 0 unspecified atom stereocenters. The molecule has 0 spiro atoms. The van der Waals surface area contributed by atoms with E-state index < -0.39 is 0 Å². The number of benzene rings is 1. The molecule has 0 amide bonds. The van der Waals surface area contributed by atoms with Gasteiger partial charge in [-0.1, -0.05) is 0 Å². The number of rotatable bonds is 6. The van der Waals surface area contributed by atoms with Crippen LogP contribution < -0.4 is 10.6 Å². The van der Waals surface area contributed by atoms with Gasteiger partial charge in [0.05, 0.1) is 25.4 Å². The number of halogens is 2. The molecule has 1 aromatic carbocycles. The molecule has 3 aliphatic heterocycles. The van der Waals surface area contributed by atoms with E-state index in [0.29, 0.717) is 44.1 Å². The van der Waals surface area contributed by atoms with Crippen molar-refractivity contribution in [1.29, 1.82) is 0 Å².